The van der Waals surface area contributed by atoms with Gasteiger partial charge < -0.3 is 14.6 Å². The Morgan fingerprint density at radius 2 is 2.12 bits per heavy atom. The number of aromatic nitrogens is 3. The molecule has 0 aromatic carbocycles. The number of hydrogen-bond acceptors (Lipinski definition) is 5. The molecule has 0 aliphatic carbocycles. The average Bonchev–Trinajstić information content (AvgIpc) is 2.67. The Morgan fingerprint density at radius 3 is 2.81 bits per heavy atom. The van der Waals surface area contributed by atoms with Crippen molar-refractivity contribution in [2.75, 3.05) is 6.61 Å². The van der Waals surface area contributed by atoms with Gasteiger partial charge in [0.1, 0.15) is 5.60 Å². The largest absolute Gasteiger partial charge is 0.367 e. The number of aryl methyl sites for hydroxylation is 1. The second kappa shape index (κ2) is 8.23. The van der Waals surface area contributed by atoms with Gasteiger partial charge in [0.05, 0.1) is 0 Å². The maximum atomic E-state index is 12.0. The molecule has 1 atom stereocenters. The summed E-state index contributed by atoms with van der Waals surface area (Å²) >= 11 is 0. The molecule has 3 heterocycles. The fourth-order valence-electron chi connectivity index (χ4n) is 2.99. The maximum Gasteiger partial charge on any atom is 0.250 e. The minimum Gasteiger partial charge on any atom is -0.367 e. The van der Waals surface area contributed by atoms with Crippen LogP contribution in [0.4, 0.5) is 0 Å². The van der Waals surface area contributed by atoms with Gasteiger partial charge >= 0.3 is 0 Å². The summed E-state index contributed by atoms with van der Waals surface area (Å²) < 4.78 is 7.37. The lowest BCUT2D eigenvalue weighted by atomic mass is 9.95. The second-order valence-corrected chi connectivity index (χ2v) is 6.71. The molecule has 1 amide bonds. The van der Waals surface area contributed by atoms with Crippen LogP contribution in [0.1, 0.15) is 44.0 Å². The Morgan fingerprint density at radius 1 is 1.31 bits per heavy atom. The second-order valence-electron chi connectivity index (χ2n) is 6.71. The van der Waals surface area contributed by atoms with Crippen molar-refractivity contribution in [2.24, 2.45) is 0 Å². The van der Waals surface area contributed by atoms with Gasteiger partial charge in [0.2, 0.25) is 5.91 Å². The highest BCUT2D eigenvalue weighted by molar-refractivity contribution is 5.75. The number of rotatable bonds is 6. The molecule has 1 fully saturated rings. The van der Waals surface area contributed by atoms with E-state index >= 15 is 0 Å². The summed E-state index contributed by atoms with van der Waals surface area (Å²) in [5, 5.41) is 2.83. The molecule has 3 rings (SSSR count). The van der Waals surface area contributed by atoms with E-state index in [1.54, 1.807) is 30.7 Å². The Bertz CT molecular complexity index is 795. The quantitative estimate of drug-likeness (QED) is 0.852. The number of pyridine rings is 1. The first-order valence-electron chi connectivity index (χ1n) is 8.94. The van der Waals surface area contributed by atoms with E-state index in [0.717, 1.165) is 31.4 Å². The van der Waals surface area contributed by atoms with Gasteiger partial charge in [0.25, 0.3) is 5.56 Å². The van der Waals surface area contributed by atoms with Gasteiger partial charge in [0.15, 0.2) is 5.82 Å². The van der Waals surface area contributed by atoms with Crippen LogP contribution in [0.25, 0.3) is 0 Å². The summed E-state index contributed by atoms with van der Waals surface area (Å²) in [5.74, 6) is 0.572. The van der Waals surface area contributed by atoms with Gasteiger partial charge in [-0.1, -0.05) is 6.07 Å². The summed E-state index contributed by atoms with van der Waals surface area (Å²) in [6, 6.07) is 4.93. The Labute approximate surface area is 152 Å². The Kier molecular flexibility index (Phi) is 5.78. The van der Waals surface area contributed by atoms with E-state index < -0.39 is 5.60 Å². The molecule has 0 radical (unpaired) electrons. The third kappa shape index (κ3) is 4.54. The highest BCUT2D eigenvalue weighted by Gasteiger charge is 2.32. The first kappa shape index (κ1) is 18.3. The molecule has 138 valence electrons. The maximum absolute atomic E-state index is 12.0. The smallest absolute Gasteiger partial charge is 0.250 e. The van der Waals surface area contributed by atoms with Crippen molar-refractivity contribution in [2.45, 2.75) is 51.3 Å². The summed E-state index contributed by atoms with van der Waals surface area (Å²) in [6.45, 7) is 3.48. The van der Waals surface area contributed by atoms with Gasteiger partial charge in [-0.2, -0.15) is 0 Å². The topological polar surface area (TPSA) is 86.1 Å². The van der Waals surface area contributed by atoms with Crippen LogP contribution in [-0.4, -0.2) is 27.0 Å². The number of nitrogens with zero attached hydrogens (tertiary/aromatic N) is 3. The van der Waals surface area contributed by atoms with Gasteiger partial charge in [-0.15, -0.1) is 0 Å². The van der Waals surface area contributed by atoms with Gasteiger partial charge in [-0.05, 0) is 32.3 Å². The predicted molar refractivity (Wildman–Crippen MR) is 96.4 cm³/mol. The third-order valence-corrected chi connectivity index (χ3v) is 4.62. The zero-order valence-corrected chi connectivity index (χ0v) is 15.0. The van der Waals surface area contributed by atoms with Crippen molar-refractivity contribution in [3.63, 3.8) is 0 Å². The van der Waals surface area contributed by atoms with Crippen LogP contribution in [0, 0.1) is 0 Å². The molecule has 0 bridgehead atoms. The predicted octanol–water partition coefficient (Wildman–Crippen LogP) is 1.76. The number of amides is 1. The zero-order valence-electron chi connectivity index (χ0n) is 15.0. The molecule has 1 aliphatic rings. The molecule has 2 aromatic rings. The van der Waals surface area contributed by atoms with Crippen molar-refractivity contribution in [1.82, 2.24) is 19.9 Å². The Balaban J connectivity index is 1.49. The lowest BCUT2D eigenvalue weighted by molar-refractivity contribution is -0.121. The van der Waals surface area contributed by atoms with E-state index in [0.29, 0.717) is 18.9 Å². The lowest BCUT2D eigenvalue weighted by Gasteiger charge is -2.32. The van der Waals surface area contributed by atoms with Crippen LogP contribution in [-0.2, 0) is 28.2 Å². The molecule has 7 heteroatoms. The lowest BCUT2D eigenvalue weighted by Crippen LogP contribution is -2.32. The number of carbonyl (C=O) groups excluding carboxylic acids is 1. The molecular weight excluding hydrogens is 332 g/mol. The van der Waals surface area contributed by atoms with Gasteiger partial charge in [-0.3, -0.25) is 9.59 Å². The summed E-state index contributed by atoms with van der Waals surface area (Å²) in [7, 11) is 0. The number of ether oxygens (including phenoxy) is 1. The first-order chi connectivity index (χ1) is 12.6. The highest BCUT2D eigenvalue weighted by Crippen LogP contribution is 2.32. The van der Waals surface area contributed by atoms with Gasteiger partial charge in [0, 0.05) is 56.3 Å². The minimum atomic E-state index is -0.414. The molecule has 0 unspecified atom stereocenters. The number of carbonyl (C=O) groups is 1. The zero-order chi connectivity index (χ0) is 18.4. The van der Waals surface area contributed by atoms with Crippen molar-refractivity contribution in [3.8, 4) is 0 Å². The summed E-state index contributed by atoms with van der Waals surface area (Å²) in [6.07, 6.45) is 8.49. The summed E-state index contributed by atoms with van der Waals surface area (Å²) in [4.78, 5) is 32.4. The van der Waals surface area contributed by atoms with Crippen molar-refractivity contribution in [1.29, 1.82) is 0 Å². The minimum absolute atomic E-state index is 0.109. The van der Waals surface area contributed by atoms with Crippen LogP contribution >= 0.6 is 0 Å². The van der Waals surface area contributed by atoms with Crippen LogP contribution in [0.5, 0.6) is 0 Å². The van der Waals surface area contributed by atoms with E-state index in [1.807, 2.05) is 6.92 Å². The molecule has 2 aromatic heterocycles. The highest BCUT2D eigenvalue weighted by atomic mass is 16.5. The Hall–Kier alpha value is -2.54. The standard InChI is InChI=1S/C19H24N4O3/c1-19(8-3-5-11-26-19)18-21-13-15(14-22-18)12-20-16(24)7-10-23-9-4-2-6-17(23)25/h2,4,6,9,13-14H,3,5,7-8,10-12H2,1H3,(H,20,24)/t19-/m1/s1. The normalized spacial score (nSPS) is 19.9. The molecular formula is C19H24N4O3. The summed E-state index contributed by atoms with van der Waals surface area (Å²) in [5.41, 5.74) is 0.310. The van der Waals surface area contributed by atoms with Crippen LogP contribution in [0.2, 0.25) is 0 Å². The van der Waals surface area contributed by atoms with Gasteiger partial charge in [-0.25, -0.2) is 9.97 Å². The van der Waals surface area contributed by atoms with E-state index in [4.69, 9.17) is 4.74 Å². The van der Waals surface area contributed by atoms with E-state index in [1.165, 1.54) is 10.6 Å². The number of nitrogens with one attached hydrogen (secondary N) is 1. The SMILES string of the molecule is C[C@]1(c2ncc(CNC(=O)CCn3ccccc3=O)cn2)CCCCO1. The first-order valence-corrected chi connectivity index (χ1v) is 8.94. The van der Waals surface area contributed by atoms with E-state index in [-0.39, 0.29) is 17.9 Å². The monoisotopic (exact) mass is 356 g/mol. The number of hydrogen-bond donors (Lipinski definition) is 1. The molecule has 7 nitrogen and oxygen atoms in total. The van der Waals surface area contributed by atoms with E-state index in [9.17, 15) is 9.59 Å². The molecule has 1 aliphatic heterocycles. The van der Waals surface area contributed by atoms with Crippen molar-refractivity contribution in [3.05, 3.63) is 58.5 Å². The van der Waals surface area contributed by atoms with Crippen LogP contribution in [0.15, 0.2) is 41.6 Å². The van der Waals surface area contributed by atoms with E-state index in [2.05, 4.69) is 15.3 Å². The average molecular weight is 356 g/mol. The van der Waals surface area contributed by atoms with Crippen molar-refractivity contribution >= 4 is 5.91 Å². The fourth-order valence-corrected chi connectivity index (χ4v) is 2.99. The van der Waals surface area contributed by atoms with Crippen LogP contribution in [0.3, 0.4) is 0 Å². The van der Waals surface area contributed by atoms with Crippen LogP contribution < -0.4 is 10.9 Å². The third-order valence-electron chi connectivity index (χ3n) is 4.62. The molecule has 26 heavy (non-hydrogen) atoms. The molecule has 0 spiro atoms. The molecule has 0 saturated carbocycles. The fraction of sp³-hybridized carbons (Fsp3) is 0.474. The molecule has 1 N–H and O–H groups in total. The molecule has 1 saturated heterocycles. The van der Waals surface area contributed by atoms with Crippen molar-refractivity contribution < 1.29 is 9.53 Å².